The molecule has 0 amide bonds. The quantitative estimate of drug-likeness (QED) is 0.680. The van der Waals surface area contributed by atoms with Crippen LogP contribution in [0.5, 0.6) is 5.75 Å². The monoisotopic (exact) mass is 321 g/mol. The van der Waals surface area contributed by atoms with E-state index in [0.29, 0.717) is 21.9 Å². The maximum absolute atomic E-state index is 11.4. The molecule has 114 valence electrons. The molecule has 0 radical (unpaired) electrons. The minimum Gasteiger partial charge on any atom is -0.496 e. The number of non-ortho nitro benzene ring substituents is 1. The van der Waals surface area contributed by atoms with Gasteiger partial charge in [0.1, 0.15) is 5.75 Å². The number of ether oxygens (including phenoxy) is 1. The molecule has 6 nitrogen and oxygen atoms in total. The van der Waals surface area contributed by atoms with E-state index in [9.17, 15) is 20.0 Å². The Hall–Kier alpha value is -2.60. The second-order valence-electron chi connectivity index (χ2n) is 4.60. The van der Waals surface area contributed by atoms with E-state index in [2.05, 4.69) is 0 Å². The summed E-state index contributed by atoms with van der Waals surface area (Å²) in [6, 6.07) is 6.91. The summed E-state index contributed by atoms with van der Waals surface area (Å²) in [6.07, 6.45) is 0. The molecule has 0 saturated carbocycles. The van der Waals surface area contributed by atoms with Crippen LogP contribution in [0.3, 0.4) is 0 Å². The van der Waals surface area contributed by atoms with Crippen LogP contribution >= 0.6 is 11.6 Å². The molecule has 0 saturated heterocycles. The van der Waals surface area contributed by atoms with Crippen LogP contribution in [0.4, 0.5) is 5.69 Å². The fourth-order valence-corrected chi connectivity index (χ4v) is 2.53. The van der Waals surface area contributed by atoms with Gasteiger partial charge < -0.3 is 9.84 Å². The zero-order chi connectivity index (χ0) is 16.4. The first-order valence-corrected chi connectivity index (χ1v) is 6.59. The number of methoxy groups -OCH3 is 1. The largest absolute Gasteiger partial charge is 0.496 e. The Morgan fingerprint density at radius 2 is 1.95 bits per heavy atom. The van der Waals surface area contributed by atoms with Gasteiger partial charge in [-0.3, -0.25) is 10.1 Å². The maximum Gasteiger partial charge on any atom is 0.336 e. The van der Waals surface area contributed by atoms with Gasteiger partial charge in [0, 0.05) is 28.3 Å². The molecule has 22 heavy (non-hydrogen) atoms. The first-order chi connectivity index (χ1) is 10.3. The number of hydrogen-bond acceptors (Lipinski definition) is 4. The molecule has 2 aromatic carbocycles. The summed E-state index contributed by atoms with van der Waals surface area (Å²) < 4.78 is 5.31. The number of carbonyl (C=O) groups is 1. The lowest BCUT2D eigenvalue weighted by Gasteiger charge is -2.14. The van der Waals surface area contributed by atoms with Crippen molar-refractivity contribution in [2.45, 2.75) is 6.92 Å². The fourth-order valence-electron chi connectivity index (χ4n) is 2.26. The number of nitrogens with zero attached hydrogens (tertiary/aromatic N) is 1. The molecule has 1 N–H and O–H groups in total. The number of hydrogen-bond donors (Lipinski definition) is 1. The second-order valence-corrected chi connectivity index (χ2v) is 5.03. The highest BCUT2D eigenvalue weighted by Gasteiger charge is 2.20. The molecular weight excluding hydrogens is 310 g/mol. The van der Waals surface area contributed by atoms with Crippen LogP contribution in [-0.2, 0) is 0 Å². The van der Waals surface area contributed by atoms with Crippen molar-refractivity contribution in [1.82, 2.24) is 0 Å². The molecule has 0 atom stereocenters. The molecular formula is C15H12ClNO5. The molecule has 7 heteroatoms. The zero-order valence-corrected chi connectivity index (χ0v) is 12.5. The Kier molecular flexibility index (Phi) is 4.32. The molecule has 0 spiro atoms. The predicted octanol–water partition coefficient (Wildman–Crippen LogP) is 3.93. The number of aryl methyl sites for hydroxylation is 1. The second kappa shape index (κ2) is 6.03. The van der Waals surface area contributed by atoms with Crippen LogP contribution in [0, 0.1) is 17.0 Å². The minimum absolute atomic E-state index is 0.186. The van der Waals surface area contributed by atoms with E-state index in [1.807, 2.05) is 0 Å². The maximum atomic E-state index is 11.4. The Bertz CT molecular complexity index is 773. The van der Waals surface area contributed by atoms with E-state index in [4.69, 9.17) is 16.3 Å². The van der Waals surface area contributed by atoms with Crippen molar-refractivity contribution in [2.75, 3.05) is 7.11 Å². The standard InChI is InChI=1S/C15H12ClNO5/c1-8-5-9(16)6-12(14(8)22-2)11-4-3-10(17(20)21)7-13(11)15(18)19/h3-7H,1-2H3,(H,18,19). The van der Waals surface area contributed by atoms with Gasteiger partial charge in [0.05, 0.1) is 17.6 Å². The van der Waals surface area contributed by atoms with Gasteiger partial charge in [-0.05, 0) is 30.7 Å². The average molecular weight is 322 g/mol. The fraction of sp³-hybridized carbons (Fsp3) is 0.133. The van der Waals surface area contributed by atoms with Gasteiger partial charge in [-0.2, -0.15) is 0 Å². The number of benzene rings is 2. The zero-order valence-electron chi connectivity index (χ0n) is 11.8. The van der Waals surface area contributed by atoms with Gasteiger partial charge in [-0.25, -0.2) is 4.79 Å². The van der Waals surface area contributed by atoms with Crippen LogP contribution in [0.1, 0.15) is 15.9 Å². The highest BCUT2D eigenvalue weighted by Crippen LogP contribution is 2.38. The minimum atomic E-state index is -1.27. The number of carboxylic acid groups (broad SMARTS) is 1. The van der Waals surface area contributed by atoms with E-state index < -0.39 is 10.9 Å². The summed E-state index contributed by atoms with van der Waals surface area (Å²) >= 11 is 6.03. The molecule has 0 aromatic heterocycles. The lowest BCUT2D eigenvalue weighted by molar-refractivity contribution is -0.384. The third-order valence-electron chi connectivity index (χ3n) is 3.18. The predicted molar refractivity (Wildman–Crippen MR) is 81.8 cm³/mol. The Labute approximate surface area is 131 Å². The summed E-state index contributed by atoms with van der Waals surface area (Å²) in [5, 5.41) is 20.6. The Balaban J connectivity index is 2.77. The van der Waals surface area contributed by atoms with Crippen molar-refractivity contribution in [3.8, 4) is 16.9 Å². The van der Waals surface area contributed by atoms with Crippen molar-refractivity contribution in [1.29, 1.82) is 0 Å². The van der Waals surface area contributed by atoms with E-state index in [-0.39, 0.29) is 11.3 Å². The van der Waals surface area contributed by atoms with E-state index in [1.54, 1.807) is 19.1 Å². The lowest BCUT2D eigenvalue weighted by Crippen LogP contribution is -2.02. The topological polar surface area (TPSA) is 89.7 Å². The first kappa shape index (κ1) is 15.8. The molecule has 0 heterocycles. The number of nitro groups is 1. The van der Waals surface area contributed by atoms with Crippen LogP contribution in [0.25, 0.3) is 11.1 Å². The summed E-state index contributed by atoms with van der Waals surface area (Å²) in [7, 11) is 1.46. The molecule has 0 bridgehead atoms. The van der Waals surface area contributed by atoms with E-state index >= 15 is 0 Å². The van der Waals surface area contributed by atoms with Crippen molar-refractivity contribution >= 4 is 23.3 Å². The van der Waals surface area contributed by atoms with Crippen LogP contribution in [-0.4, -0.2) is 23.1 Å². The van der Waals surface area contributed by atoms with Crippen molar-refractivity contribution in [2.24, 2.45) is 0 Å². The van der Waals surface area contributed by atoms with Gasteiger partial charge in [0.25, 0.3) is 5.69 Å². The molecule has 0 aliphatic rings. The summed E-state index contributed by atoms with van der Waals surface area (Å²) in [5.74, 6) is -0.792. The average Bonchev–Trinajstić information content (AvgIpc) is 2.45. The molecule has 0 aliphatic carbocycles. The SMILES string of the molecule is COc1c(C)cc(Cl)cc1-c1ccc([N+](=O)[O-])cc1C(=O)O. The molecule has 0 aliphatic heterocycles. The number of carboxylic acids is 1. The number of nitro benzene ring substituents is 1. The summed E-state index contributed by atoms with van der Waals surface area (Å²) in [5.41, 5.74) is 1.04. The van der Waals surface area contributed by atoms with Crippen molar-refractivity contribution in [3.05, 3.63) is 56.6 Å². The van der Waals surface area contributed by atoms with Crippen LogP contribution in [0.15, 0.2) is 30.3 Å². The van der Waals surface area contributed by atoms with Crippen molar-refractivity contribution in [3.63, 3.8) is 0 Å². The number of rotatable bonds is 4. The third kappa shape index (κ3) is 2.87. The van der Waals surface area contributed by atoms with Gasteiger partial charge in [0.15, 0.2) is 0 Å². The van der Waals surface area contributed by atoms with Gasteiger partial charge in [-0.1, -0.05) is 11.6 Å². The lowest BCUT2D eigenvalue weighted by atomic mass is 9.96. The van der Waals surface area contributed by atoms with E-state index in [0.717, 1.165) is 11.6 Å². The highest BCUT2D eigenvalue weighted by molar-refractivity contribution is 6.31. The van der Waals surface area contributed by atoms with Crippen LogP contribution in [0.2, 0.25) is 5.02 Å². The van der Waals surface area contributed by atoms with Crippen LogP contribution < -0.4 is 4.74 Å². The normalized spacial score (nSPS) is 10.3. The molecule has 2 rings (SSSR count). The Morgan fingerprint density at radius 1 is 1.27 bits per heavy atom. The van der Waals surface area contributed by atoms with Crippen molar-refractivity contribution < 1.29 is 19.6 Å². The van der Waals surface area contributed by atoms with Gasteiger partial charge >= 0.3 is 5.97 Å². The third-order valence-corrected chi connectivity index (χ3v) is 3.40. The van der Waals surface area contributed by atoms with Gasteiger partial charge in [0.2, 0.25) is 0 Å². The number of aromatic carboxylic acids is 1. The highest BCUT2D eigenvalue weighted by atomic mass is 35.5. The first-order valence-electron chi connectivity index (χ1n) is 6.21. The molecule has 0 fully saturated rings. The summed E-state index contributed by atoms with van der Waals surface area (Å²) in [4.78, 5) is 21.6. The smallest absolute Gasteiger partial charge is 0.336 e. The van der Waals surface area contributed by atoms with Gasteiger partial charge in [-0.15, -0.1) is 0 Å². The molecule has 2 aromatic rings. The molecule has 0 unspecified atom stereocenters. The Morgan fingerprint density at radius 3 is 2.50 bits per heavy atom. The number of halogens is 1. The summed E-state index contributed by atoms with van der Waals surface area (Å²) in [6.45, 7) is 1.78. The van der Waals surface area contributed by atoms with E-state index in [1.165, 1.54) is 19.2 Å².